The van der Waals surface area contributed by atoms with E-state index in [0.29, 0.717) is 36.2 Å². The maximum absolute atomic E-state index is 13.1. The van der Waals surface area contributed by atoms with Crippen LogP contribution in [0.1, 0.15) is 47.6 Å². The molecule has 1 unspecified atom stereocenters. The van der Waals surface area contributed by atoms with Gasteiger partial charge in [-0.2, -0.15) is 0 Å². The largest absolute Gasteiger partial charge is 0.493 e. The van der Waals surface area contributed by atoms with Crippen LogP contribution in [-0.2, 0) is 13.0 Å². The van der Waals surface area contributed by atoms with E-state index in [-0.39, 0.29) is 11.9 Å². The lowest BCUT2D eigenvalue weighted by molar-refractivity contribution is 0.0728. The molecule has 1 atom stereocenters. The van der Waals surface area contributed by atoms with Crippen molar-refractivity contribution in [2.45, 2.75) is 46.2 Å². The quantitative estimate of drug-likeness (QED) is 0.824. The van der Waals surface area contributed by atoms with Gasteiger partial charge in [-0.3, -0.25) is 4.79 Å². The number of fused-ring (bicyclic) bond motifs is 1. The Morgan fingerprint density at radius 1 is 1.18 bits per heavy atom. The molecule has 2 heterocycles. The molecule has 1 aromatic carbocycles. The van der Waals surface area contributed by atoms with Crippen LogP contribution in [0.3, 0.4) is 0 Å². The van der Waals surface area contributed by atoms with Crippen LogP contribution >= 0.6 is 0 Å². The topological polar surface area (TPSA) is 76.6 Å². The summed E-state index contributed by atoms with van der Waals surface area (Å²) in [6, 6.07) is 5.94. The van der Waals surface area contributed by atoms with Gasteiger partial charge in [0.2, 0.25) is 5.95 Å². The number of carbonyl (C=O) groups is 1. The third kappa shape index (κ3) is 4.18. The summed E-state index contributed by atoms with van der Waals surface area (Å²) in [5.41, 5.74) is 3.44. The lowest BCUT2D eigenvalue weighted by atomic mass is 9.98. The molecule has 0 spiro atoms. The van der Waals surface area contributed by atoms with Gasteiger partial charge in [0.25, 0.3) is 5.91 Å². The molecule has 0 saturated carbocycles. The second-order valence-corrected chi connectivity index (χ2v) is 7.12. The number of benzene rings is 1. The molecule has 28 heavy (non-hydrogen) atoms. The summed E-state index contributed by atoms with van der Waals surface area (Å²) in [5.74, 6) is 1.81. The predicted molar refractivity (Wildman–Crippen MR) is 108 cm³/mol. The molecule has 0 aliphatic carbocycles. The lowest BCUT2D eigenvalue weighted by Crippen LogP contribution is -2.36. The van der Waals surface area contributed by atoms with Crippen LogP contribution in [0.5, 0.6) is 11.5 Å². The first-order valence-corrected chi connectivity index (χ1v) is 9.60. The van der Waals surface area contributed by atoms with Crippen LogP contribution in [0.25, 0.3) is 0 Å². The van der Waals surface area contributed by atoms with E-state index in [1.807, 2.05) is 24.0 Å². The van der Waals surface area contributed by atoms with E-state index < -0.39 is 0 Å². The molecule has 1 amide bonds. The maximum Gasteiger partial charge on any atom is 0.272 e. The Morgan fingerprint density at radius 2 is 1.86 bits per heavy atom. The first-order chi connectivity index (χ1) is 13.4. The number of carbonyl (C=O) groups excluding carboxylic acids is 1. The van der Waals surface area contributed by atoms with E-state index in [2.05, 4.69) is 29.1 Å². The Hall–Kier alpha value is -2.83. The minimum absolute atomic E-state index is 0.0851. The van der Waals surface area contributed by atoms with Gasteiger partial charge in [0.15, 0.2) is 11.5 Å². The number of hydrogen-bond acceptors (Lipinski definition) is 6. The predicted octanol–water partition coefficient (Wildman–Crippen LogP) is 3.21. The van der Waals surface area contributed by atoms with Crippen LogP contribution in [-0.4, -0.2) is 47.6 Å². The number of hydrogen-bond donors (Lipinski definition) is 1. The zero-order valence-electron chi connectivity index (χ0n) is 17.2. The third-order valence-corrected chi connectivity index (χ3v) is 5.07. The standard InChI is InChI=1S/C21H28N4O3/c1-6-13(2)22-21-23-14(3)9-17(24-21)20(26)25-8-7-15-10-18(27-4)19(28-5)11-16(15)12-25/h9-11,13H,6-8,12H2,1-5H3,(H,22,23,24). The van der Waals surface area contributed by atoms with Crippen molar-refractivity contribution in [2.75, 3.05) is 26.1 Å². The Balaban J connectivity index is 1.83. The first kappa shape index (κ1) is 19.9. The fourth-order valence-electron chi connectivity index (χ4n) is 3.28. The van der Waals surface area contributed by atoms with Crippen molar-refractivity contribution in [3.05, 3.63) is 40.7 Å². The fraction of sp³-hybridized carbons (Fsp3) is 0.476. The molecule has 0 fully saturated rings. The van der Waals surface area contributed by atoms with Gasteiger partial charge in [0.1, 0.15) is 5.69 Å². The van der Waals surface area contributed by atoms with Crippen LogP contribution in [0.2, 0.25) is 0 Å². The van der Waals surface area contributed by atoms with E-state index in [4.69, 9.17) is 9.47 Å². The maximum atomic E-state index is 13.1. The lowest BCUT2D eigenvalue weighted by Gasteiger charge is -2.29. The number of aryl methyl sites for hydroxylation is 1. The van der Waals surface area contributed by atoms with Crippen molar-refractivity contribution in [3.63, 3.8) is 0 Å². The number of anilines is 1. The van der Waals surface area contributed by atoms with E-state index in [0.717, 1.165) is 24.1 Å². The summed E-state index contributed by atoms with van der Waals surface area (Å²) < 4.78 is 10.8. The summed E-state index contributed by atoms with van der Waals surface area (Å²) in [6.45, 7) is 7.19. The highest BCUT2D eigenvalue weighted by Crippen LogP contribution is 2.33. The summed E-state index contributed by atoms with van der Waals surface area (Å²) >= 11 is 0. The molecular formula is C21H28N4O3. The molecular weight excluding hydrogens is 356 g/mol. The Labute approximate surface area is 166 Å². The van der Waals surface area contributed by atoms with Crippen molar-refractivity contribution in [1.29, 1.82) is 0 Å². The second kappa shape index (κ2) is 8.46. The average Bonchev–Trinajstić information content (AvgIpc) is 2.71. The summed E-state index contributed by atoms with van der Waals surface area (Å²) in [4.78, 5) is 23.8. The molecule has 2 aromatic rings. The third-order valence-electron chi connectivity index (χ3n) is 5.07. The molecule has 0 saturated heterocycles. The normalized spacial score (nSPS) is 14.2. The van der Waals surface area contributed by atoms with E-state index >= 15 is 0 Å². The smallest absolute Gasteiger partial charge is 0.272 e. The molecule has 0 bridgehead atoms. The molecule has 1 N–H and O–H groups in total. The number of nitrogens with zero attached hydrogens (tertiary/aromatic N) is 3. The van der Waals surface area contributed by atoms with Crippen LogP contribution in [0.15, 0.2) is 18.2 Å². The number of methoxy groups -OCH3 is 2. The van der Waals surface area contributed by atoms with Gasteiger partial charge < -0.3 is 19.7 Å². The van der Waals surface area contributed by atoms with Gasteiger partial charge in [0, 0.05) is 24.8 Å². The van der Waals surface area contributed by atoms with Gasteiger partial charge >= 0.3 is 0 Å². The van der Waals surface area contributed by atoms with E-state index in [1.165, 1.54) is 5.56 Å². The summed E-state index contributed by atoms with van der Waals surface area (Å²) in [7, 11) is 3.25. The average molecular weight is 384 g/mol. The minimum atomic E-state index is -0.0851. The monoisotopic (exact) mass is 384 g/mol. The van der Waals surface area contributed by atoms with Gasteiger partial charge in [-0.05, 0) is 56.0 Å². The van der Waals surface area contributed by atoms with Crippen molar-refractivity contribution >= 4 is 11.9 Å². The fourth-order valence-corrected chi connectivity index (χ4v) is 3.28. The summed E-state index contributed by atoms with van der Waals surface area (Å²) in [5, 5.41) is 3.25. The van der Waals surface area contributed by atoms with Crippen molar-refractivity contribution < 1.29 is 14.3 Å². The second-order valence-electron chi connectivity index (χ2n) is 7.12. The van der Waals surface area contributed by atoms with Gasteiger partial charge in [-0.1, -0.05) is 6.92 Å². The number of nitrogens with one attached hydrogen (secondary N) is 1. The Kier molecular flexibility index (Phi) is 6.02. The van der Waals surface area contributed by atoms with Crippen molar-refractivity contribution in [2.24, 2.45) is 0 Å². The van der Waals surface area contributed by atoms with Gasteiger partial charge in [-0.25, -0.2) is 9.97 Å². The molecule has 3 rings (SSSR count). The van der Waals surface area contributed by atoms with Crippen molar-refractivity contribution in [1.82, 2.24) is 14.9 Å². The van der Waals surface area contributed by atoms with Gasteiger partial charge in [0.05, 0.1) is 14.2 Å². The number of amides is 1. The zero-order chi connectivity index (χ0) is 20.3. The van der Waals surface area contributed by atoms with Crippen LogP contribution in [0.4, 0.5) is 5.95 Å². The van der Waals surface area contributed by atoms with Crippen LogP contribution < -0.4 is 14.8 Å². The molecule has 1 aliphatic heterocycles. The molecule has 150 valence electrons. The number of rotatable bonds is 6. The number of ether oxygens (including phenoxy) is 2. The molecule has 7 heteroatoms. The first-order valence-electron chi connectivity index (χ1n) is 9.60. The van der Waals surface area contributed by atoms with Crippen molar-refractivity contribution in [3.8, 4) is 11.5 Å². The molecule has 0 radical (unpaired) electrons. The Morgan fingerprint density at radius 3 is 2.50 bits per heavy atom. The van der Waals surface area contributed by atoms with E-state index in [1.54, 1.807) is 20.3 Å². The molecule has 1 aliphatic rings. The highest BCUT2D eigenvalue weighted by Gasteiger charge is 2.25. The molecule has 7 nitrogen and oxygen atoms in total. The van der Waals surface area contributed by atoms with Crippen LogP contribution in [0, 0.1) is 6.92 Å². The highest BCUT2D eigenvalue weighted by atomic mass is 16.5. The SMILES string of the molecule is CCC(C)Nc1nc(C)cc(C(=O)N2CCc3cc(OC)c(OC)cc3C2)n1. The Bertz CT molecular complexity index is 869. The molecule has 1 aromatic heterocycles. The zero-order valence-corrected chi connectivity index (χ0v) is 17.2. The summed E-state index contributed by atoms with van der Waals surface area (Å²) in [6.07, 6.45) is 1.72. The minimum Gasteiger partial charge on any atom is -0.493 e. The highest BCUT2D eigenvalue weighted by molar-refractivity contribution is 5.92. The van der Waals surface area contributed by atoms with E-state index in [9.17, 15) is 4.79 Å². The van der Waals surface area contributed by atoms with Gasteiger partial charge in [-0.15, -0.1) is 0 Å². The number of aromatic nitrogens is 2.